The lowest BCUT2D eigenvalue weighted by molar-refractivity contribution is 0.167. The van der Waals surface area contributed by atoms with Crippen molar-refractivity contribution in [3.05, 3.63) is 33.3 Å². The Morgan fingerprint density at radius 1 is 1.29 bits per heavy atom. The first-order chi connectivity index (χ1) is 8.22. The number of hydrogen-bond acceptors (Lipinski definition) is 2. The topological polar surface area (TPSA) is 29.3 Å². The molecule has 0 saturated carbocycles. The van der Waals surface area contributed by atoms with Crippen molar-refractivity contribution in [1.82, 2.24) is 4.90 Å². The number of likely N-dealkylation sites (tertiary alicyclic amines) is 1. The SMILES string of the molecule is NCC(c1ccc(Br)c(Cl)c1)N1CCCCC1. The molecule has 0 aromatic heterocycles. The highest BCUT2D eigenvalue weighted by atomic mass is 79.9. The Morgan fingerprint density at radius 3 is 2.59 bits per heavy atom. The molecular weight excluding hydrogens is 300 g/mol. The van der Waals surface area contributed by atoms with Crippen molar-refractivity contribution in [2.75, 3.05) is 19.6 Å². The summed E-state index contributed by atoms with van der Waals surface area (Å²) in [6.07, 6.45) is 3.90. The Balaban J connectivity index is 2.18. The summed E-state index contributed by atoms with van der Waals surface area (Å²) in [7, 11) is 0. The molecule has 17 heavy (non-hydrogen) atoms. The van der Waals surface area contributed by atoms with E-state index >= 15 is 0 Å². The van der Waals surface area contributed by atoms with Crippen LogP contribution in [0.4, 0.5) is 0 Å². The Hall–Kier alpha value is -0.0900. The van der Waals surface area contributed by atoms with Crippen LogP contribution in [0, 0.1) is 0 Å². The summed E-state index contributed by atoms with van der Waals surface area (Å²) in [4.78, 5) is 2.48. The summed E-state index contributed by atoms with van der Waals surface area (Å²) in [6, 6.07) is 6.45. The summed E-state index contributed by atoms with van der Waals surface area (Å²) in [5.74, 6) is 0. The highest BCUT2D eigenvalue weighted by molar-refractivity contribution is 9.10. The predicted octanol–water partition coefficient (Wildman–Crippen LogP) is 3.59. The Labute approximate surface area is 116 Å². The van der Waals surface area contributed by atoms with E-state index in [9.17, 15) is 0 Å². The largest absolute Gasteiger partial charge is 0.329 e. The van der Waals surface area contributed by atoms with Crippen molar-refractivity contribution < 1.29 is 0 Å². The van der Waals surface area contributed by atoms with Crippen LogP contribution in [0.2, 0.25) is 5.02 Å². The molecule has 2 N–H and O–H groups in total. The first-order valence-electron chi connectivity index (χ1n) is 6.11. The number of hydrogen-bond donors (Lipinski definition) is 1. The smallest absolute Gasteiger partial charge is 0.0551 e. The van der Waals surface area contributed by atoms with Crippen molar-refractivity contribution in [2.45, 2.75) is 25.3 Å². The molecule has 1 unspecified atom stereocenters. The normalized spacial score (nSPS) is 19.2. The second-order valence-corrected chi connectivity index (χ2v) is 5.78. The van der Waals surface area contributed by atoms with Crippen molar-refractivity contribution >= 4 is 27.5 Å². The number of halogens is 2. The number of benzene rings is 1. The van der Waals surface area contributed by atoms with E-state index in [0.29, 0.717) is 12.6 Å². The molecule has 0 spiro atoms. The van der Waals surface area contributed by atoms with E-state index in [1.165, 1.54) is 24.8 Å². The van der Waals surface area contributed by atoms with Crippen molar-refractivity contribution in [1.29, 1.82) is 0 Å². The van der Waals surface area contributed by atoms with Gasteiger partial charge in [0.2, 0.25) is 0 Å². The van der Waals surface area contributed by atoms with Crippen LogP contribution in [0.25, 0.3) is 0 Å². The van der Waals surface area contributed by atoms with Crippen LogP contribution in [0.3, 0.4) is 0 Å². The molecule has 94 valence electrons. The molecule has 1 aliphatic heterocycles. The molecule has 0 amide bonds. The maximum atomic E-state index is 6.15. The minimum atomic E-state index is 0.306. The molecule has 2 rings (SSSR count). The Bertz CT molecular complexity index is 378. The third-order valence-electron chi connectivity index (χ3n) is 3.38. The van der Waals surface area contributed by atoms with E-state index in [1.54, 1.807) is 0 Å². The summed E-state index contributed by atoms with van der Waals surface area (Å²) in [6.45, 7) is 2.95. The molecule has 0 aliphatic carbocycles. The number of piperidine rings is 1. The zero-order valence-corrected chi connectivity index (χ0v) is 12.2. The van der Waals surface area contributed by atoms with E-state index in [-0.39, 0.29) is 0 Å². The number of nitrogens with two attached hydrogens (primary N) is 1. The van der Waals surface area contributed by atoms with E-state index in [4.69, 9.17) is 17.3 Å². The van der Waals surface area contributed by atoms with Crippen molar-refractivity contribution in [3.8, 4) is 0 Å². The van der Waals surface area contributed by atoms with Gasteiger partial charge in [0.15, 0.2) is 0 Å². The van der Waals surface area contributed by atoms with Crippen LogP contribution in [0.15, 0.2) is 22.7 Å². The highest BCUT2D eigenvalue weighted by Crippen LogP contribution is 2.29. The zero-order chi connectivity index (χ0) is 12.3. The standard InChI is InChI=1S/C13H18BrClN2/c14-11-5-4-10(8-12(11)15)13(9-16)17-6-2-1-3-7-17/h4-5,8,13H,1-3,6-7,9,16H2. The molecule has 1 aromatic rings. The molecule has 2 nitrogen and oxygen atoms in total. The maximum absolute atomic E-state index is 6.15. The van der Waals surface area contributed by atoms with Crippen LogP contribution in [-0.4, -0.2) is 24.5 Å². The summed E-state index contributed by atoms with van der Waals surface area (Å²) in [5, 5.41) is 0.762. The van der Waals surface area contributed by atoms with Gasteiger partial charge < -0.3 is 5.73 Å². The third-order valence-corrected chi connectivity index (χ3v) is 4.62. The maximum Gasteiger partial charge on any atom is 0.0551 e. The lowest BCUT2D eigenvalue weighted by Gasteiger charge is -2.34. The van der Waals surface area contributed by atoms with Gasteiger partial charge in [-0.3, -0.25) is 4.90 Å². The van der Waals surface area contributed by atoms with Gasteiger partial charge in [-0.1, -0.05) is 24.1 Å². The number of rotatable bonds is 3. The summed E-state index contributed by atoms with van der Waals surface area (Å²) in [5.41, 5.74) is 7.15. The molecule has 0 bridgehead atoms. The van der Waals surface area contributed by atoms with Gasteiger partial charge in [0, 0.05) is 17.1 Å². The first kappa shape index (κ1) is 13.3. The fraction of sp³-hybridized carbons (Fsp3) is 0.538. The monoisotopic (exact) mass is 316 g/mol. The summed E-state index contributed by atoms with van der Waals surface area (Å²) < 4.78 is 0.942. The van der Waals surface area contributed by atoms with E-state index in [0.717, 1.165) is 22.6 Å². The first-order valence-corrected chi connectivity index (χ1v) is 7.28. The molecule has 1 saturated heterocycles. The molecule has 1 aliphatic rings. The molecule has 4 heteroatoms. The minimum Gasteiger partial charge on any atom is -0.329 e. The van der Waals surface area contributed by atoms with Gasteiger partial charge in [-0.25, -0.2) is 0 Å². The van der Waals surface area contributed by atoms with E-state index in [1.807, 2.05) is 12.1 Å². The third kappa shape index (κ3) is 3.22. The molecule has 1 aromatic carbocycles. The Morgan fingerprint density at radius 2 is 2.00 bits per heavy atom. The van der Waals surface area contributed by atoms with Crippen LogP contribution in [0.5, 0.6) is 0 Å². The van der Waals surface area contributed by atoms with Gasteiger partial charge in [-0.15, -0.1) is 0 Å². The van der Waals surface area contributed by atoms with E-state index < -0.39 is 0 Å². The van der Waals surface area contributed by atoms with Crippen LogP contribution >= 0.6 is 27.5 Å². The molecule has 0 radical (unpaired) electrons. The van der Waals surface area contributed by atoms with Crippen molar-refractivity contribution in [3.63, 3.8) is 0 Å². The van der Waals surface area contributed by atoms with Gasteiger partial charge in [-0.2, -0.15) is 0 Å². The van der Waals surface area contributed by atoms with Crippen LogP contribution in [0.1, 0.15) is 30.9 Å². The van der Waals surface area contributed by atoms with Crippen molar-refractivity contribution in [2.24, 2.45) is 5.73 Å². The average molecular weight is 318 g/mol. The lowest BCUT2D eigenvalue weighted by Crippen LogP contribution is -2.37. The second kappa shape index (κ2) is 6.19. The summed E-state index contributed by atoms with van der Waals surface area (Å²) >= 11 is 9.57. The van der Waals surface area contributed by atoms with Gasteiger partial charge >= 0.3 is 0 Å². The molecule has 1 heterocycles. The van der Waals surface area contributed by atoms with Gasteiger partial charge in [-0.05, 0) is 59.6 Å². The van der Waals surface area contributed by atoms with Crippen LogP contribution in [-0.2, 0) is 0 Å². The fourth-order valence-electron chi connectivity index (χ4n) is 2.45. The van der Waals surface area contributed by atoms with Gasteiger partial charge in [0.25, 0.3) is 0 Å². The molecule has 1 fully saturated rings. The van der Waals surface area contributed by atoms with Gasteiger partial charge in [0.05, 0.1) is 5.02 Å². The lowest BCUT2D eigenvalue weighted by atomic mass is 10.0. The minimum absolute atomic E-state index is 0.306. The van der Waals surface area contributed by atoms with E-state index in [2.05, 4.69) is 26.9 Å². The molecule has 1 atom stereocenters. The predicted molar refractivity (Wildman–Crippen MR) is 76.4 cm³/mol. The fourth-order valence-corrected chi connectivity index (χ4v) is 2.88. The van der Waals surface area contributed by atoms with Crippen LogP contribution < -0.4 is 5.73 Å². The number of nitrogens with zero attached hydrogens (tertiary/aromatic N) is 1. The van der Waals surface area contributed by atoms with Gasteiger partial charge in [0.1, 0.15) is 0 Å². The highest BCUT2D eigenvalue weighted by Gasteiger charge is 2.21. The quantitative estimate of drug-likeness (QED) is 0.923. The Kier molecular flexibility index (Phi) is 4.86. The average Bonchev–Trinajstić information content (AvgIpc) is 2.36. The zero-order valence-electron chi connectivity index (χ0n) is 9.83. The second-order valence-electron chi connectivity index (χ2n) is 4.52. The molecular formula is C13H18BrClN2.